The smallest absolute Gasteiger partial charge is 0.244 e. The van der Waals surface area contributed by atoms with Gasteiger partial charge in [0.25, 0.3) is 0 Å². The van der Waals surface area contributed by atoms with E-state index in [4.69, 9.17) is 5.73 Å². The summed E-state index contributed by atoms with van der Waals surface area (Å²) in [7, 11) is -1.54. The minimum Gasteiger partial charge on any atom is -0.352 e. The van der Waals surface area contributed by atoms with Crippen LogP contribution >= 0.6 is 0 Å². The van der Waals surface area contributed by atoms with Crippen molar-refractivity contribution in [3.63, 3.8) is 0 Å². The van der Waals surface area contributed by atoms with E-state index in [9.17, 15) is 8.42 Å². The lowest BCUT2D eigenvalue weighted by Gasteiger charge is -2.42. The molecule has 6 heteroatoms. The molecule has 1 aromatic heterocycles. The summed E-state index contributed by atoms with van der Waals surface area (Å²) in [6, 6.07) is 1.93. The number of aromatic nitrogens is 1. The summed E-state index contributed by atoms with van der Waals surface area (Å²) < 4.78 is 29.6. The van der Waals surface area contributed by atoms with Crippen molar-refractivity contribution in [2.75, 3.05) is 6.54 Å². The molecule has 0 radical (unpaired) electrons. The highest BCUT2D eigenvalue weighted by atomic mass is 32.2. The van der Waals surface area contributed by atoms with Gasteiger partial charge in [0.05, 0.1) is 0 Å². The van der Waals surface area contributed by atoms with Crippen LogP contribution in [0.2, 0.25) is 0 Å². The summed E-state index contributed by atoms with van der Waals surface area (Å²) >= 11 is 0. The molecular weight excluding hydrogens is 286 g/mol. The Bertz CT molecular complexity index is 606. The summed E-state index contributed by atoms with van der Waals surface area (Å²) in [5, 5.41) is 0. The summed E-state index contributed by atoms with van der Waals surface area (Å²) in [4.78, 5) is 0.400. The molecule has 2 heterocycles. The summed E-state index contributed by atoms with van der Waals surface area (Å²) in [6.07, 6.45) is 8.45. The Morgan fingerprint density at radius 1 is 1.24 bits per heavy atom. The molecule has 1 saturated heterocycles. The second-order valence-electron chi connectivity index (χ2n) is 6.35. The van der Waals surface area contributed by atoms with Gasteiger partial charge in [0.2, 0.25) is 10.0 Å². The monoisotopic (exact) mass is 311 g/mol. The number of sulfonamides is 1. The van der Waals surface area contributed by atoms with Crippen LogP contribution in [-0.2, 0) is 23.6 Å². The van der Waals surface area contributed by atoms with E-state index in [1.807, 2.05) is 11.6 Å². The number of hydrogen-bond acceptors (Lipinski definition) is 3. The van der Waals surface area contributed by atoms with Gasteiger partial charge in [-0.1, -0.05) is 12.8 Å². The van der Waals surface area contributed by atoms with Crippen molar-refractivity contribution in [1.82, 2.24) is 8.87 Å². The fourth-order valence-electron chi connectivity index (χ4n) is 3.93. The number of hydrogen-bond donors (Lipinski definition) is 1. The molecule has 2 atom stereocenters. The number of nitrogens with two attached hydrogens (primary N) is 1. The molecule has 2 N–H and O–H groups in total. The maximum Gasteiger partial charge on any atom is 0.244 e. The van der Waals surface area contributed by atoms with E-state index in [2.05, 4.69) is 0 Å². The van der Waals surface area contributed by atoms with E-state index in [1.165, 1.54) is 19.3 Å². The topological polar surface area (TPSA) is 68.3 Å². The Hall–Kier alpha value is -0.850. The van der Waals surface area contributed by atoms with Gasteiger partial charge in [-0.05, 0) is 37.7 Å². The lowest BCUT2D eigenvalue weighted by atomic mass is 9.79. The molecule has 0 aromatic carbocycles. The fraction of sp³-hybridized carbons (Fsp3) is 0.733. The molecule has 1 aromatic rings. The predicted octanol–water partition coefficient (Wildman–Crippen LogP) is 1.83. The molecule has 2 aliphatic rings. The average Bonchev–Trinajstić information content (AvgIpc) is 2.88. The molecule has 1 aliphatic heterocycles. The highest BCUT2D eigenvalue weighted by Crippen LogP contribution is 2.38. The van der Waals surface area contributed by atoms with Crippen LogP contribution in [0.5, 0.6) is 0 Å². The van der Waals surface area contributed by atoms with Crippen LogP contribution in [0.4, 0.5) is 0 Å². The summed E-state index contributed by atoms with van der Waals surface area (Å²) in [6.45, 7) is 1.02. The molecule has 21 heavy (non-hydrogen) atoms. The maximum absolute atomic E-state index is 13.0. The molecule has 0 bridgehead atoms. The Morgan fingerprint density at radius 3 is 2.67 bits per heavy atom. The number of aryl methyl sites for hydroxylation is 1. The van der Waals surface area contributed by atoms with Gasteiger partial charge in [-0.2, -0.15) is 4.31 Å². The highest BCUT2D eigenvalue weighted by molar-refractivity contribution is 7.89. The first-order valence-electron chi connectivity index (χ1n) is 7.91. The molecule has 1 saturated carbocycles. The van der Waals surface area contributed by atoms with E-state index in [1.54, 1.807) is 16.6 Å². The third-order valence-electron chi connectivity index (χ3n) is 5.09. The van der Waals surface area contributed by atoms with Crippen LogP contribution in [0.15, 0.2) is 17.2 Å². The summed E-state index contributed by atoms with van der Waals surface area (Å²) in [5.41, 5.74) is 6.52. The lowest BCUT2D eigenvalue weighted by molar-refractivity contribution is 0.129. The van der Waals surface area contributed by atoms with Crippen molar-refractivity contribution < 1.29 is 8.42 Å². The fourth-order valence-corrected chi connectivity index (χ4v) is 5.78. The van der Waals surface area contributed by atoms with Crippen LogP contribution < -0.4 is 5.73 Å². The molecule has 0 amide bonds. The minimum atomic E-state index is -3.39. The zero-order valence-corrected chi connectivity index (χ0v) is 13.5. The van der Waals surface area contributed by atoms with Crippen LogP contribution in [0.3, 0.4) is 0 Å². The minimum absolute atomic E-state index is 0.207. The van der Waals surface area contributed by atoms with Crippen molar-refractivity contribution in [3.05, 3.63) is 18.0 Å². The van der Waals surface area contributed by atoms with Gasteiger partial charge in [-0.25, -0.2) is 8.42 Å². The van der Waals surface area contributed by atoms with Crippen molar-refractivity contribution in [2.24, 2.45) is 18.7 Å². The number of nitrogens with zero attached hydrogens (tertiary/aromatic N) is 2. The second-order valence-corrected chi connectivity index (χ2v) is 8.24. The lowest BCUT2D eigenvalue weighted by Crippen LogP contribution is -2.49. The van der Waals surface area contributed by atoms with Crippen LogP contribution in [0.25, 0.3) is 0 Å². The summed E-state index contributed by atoms with van der Waals surface area (Å²) in [5.74, 6) is 0.556. The number of rotatable bonds is 3. The SMILES string of the molecule is Cn1cc(S(=O)(=O)N2CCCC3CCCCC32)cc1CN. The Labute approximate surface area is 127 Å². The quantitative estimate of drug-likeness (QED) is 0.926. The molecule has 5 nitrogen and oxygen atoms in total. The molecule has 1 aliphatic carbocycles. The average molecular weight is 311 g/mol. The van der Waals surface area contributed by atoms with Crippen molar-refractivity contribution in [2.45, 2.75) is 56.0 Å². The zero-order valence-electron chi connectivity index (χ0n) is 12.7. The van der Waals surface area contributed by atoms with E-state index in [0.29, 0.717) is 23.9 Å². The predicted molar refractivity (Wildman–Crippen MR) is 82.2 cm³/mol. The zero-order chi connectivity index (χ0) is 15.0. The van der Waals surface area contributed by atoms with Gasteiger partial charge >= 0.3 is 0 Å². The Morgan fingerprint density at radius 2 is 1.95 bits per heavy atom. The largest absolute Gasteiger partial charge is 0.352 e. The van der Waals surface area contributed by atoms with Gasteiger partial charge in [0.1, 0.15) is 4.90 Å². The van der Waals surface area contributed by atoms with Crippen molar-refractivity contribution in [1.29, 1.82) is 0 Å². The molecule has 2 fully saturated rings. The molecule has 118 valence electrons. The van der Waals surface area contributed by atoms with Crippen LogP contribution in [0, 0.1) is 5.92 Å². The van der Waals surface area contributed by atoms with Crippen LogP contribution in [-0.4, -0.2) is 29.9 Å². The van der Waals surface area contributed by atoms with Crippen LogP contribution in [0.1, 0.15) is 44.2 Å². The van der Waals surface area contributed by atoms with E-state index < -0.39 is 10.0 Å². The molecule has 0 spiro atoms. The van der Waals surface area contributed by atoms with Crippen molar-refractivity contribution >= 4 is 10.0 Å². The third-order valence-corrected chi connectivity index (χ3v) is 6.98. The molecular formula is C15H25N3O2S. The van der Waals surface area contributed by atoms with E-state index in [0.717, 1.165) is 25.0 Å². The van der Waals surface area contributed by atoms with Gasteiger partial charge in [-0.3, -0.25) is 0 Å². The first-order chi connectivity index (χ1) is 10.0. The second kappa shape index (κ2) is 5.74. The van der Waals surface area contributed by atoms with Gasteiger partial charge in [-0.15, -0.1) is 0 Å². The van der Waals surface area contributed by atoms with Gasteiger partial charge in [0, 0.05) is 38.1 Å². The first kappa shape index (κ1) is 15.1. The van der Waals surface area contributed by atoms with Crippen molar-refractivity contribution in [3.8, 4) is 0 Å². The number of piperidine rings is 1. The van der Waals surface area contributed by atoms with E-state index >= 15 is 0 Å². The first-order valence-corrected chi connectivity index (χ1v) is 9.35. The van der Waals surface area contributed by atoms with E-state index in [-0.39, 0.29) is 6.04 Å². The van der Waals surface area contributed by atoms with Gasteiger partial charge in [0.15, 0.2) is 0 Å². The maximum atomic E-state index is 13.0. The Balaban J connectivity index is 1.92. The normalized spacial score (nSPS) is 27.5. The Kier molecular flexibility index (Phi) is 4.12. The third kappa shape index (κ3) is 2.64. The number of fused-ring (bicyclic) bond motifs is 1. The molecule has 2 unspecified atom stereocenters. The standard InChI is InChI=1S/C15H25N3O2S/c1-17-11-14(9-13(17)10-16)21(19,20)18-8-4-6-12-5-2-3-7-15(12)18/h9,11-12,15H,2-8,10,16H2,1H3. The van der Waals surface area contributed by atoms with Gasteiger partial charge < -0.3 is 10.3 Å². The highest BCUT2D eigenvalue weighted by Gasteiger charge is 2.40. The molecule has 3 rings (SSSR count).